The second-order valence-electron chi connectivity index (χ2n) is 7.46. The number of nitrogens with zero attached hydrogens (tertiary/aromatic N) is 1. The first-order chi connectivity index (χ1) is 16.2. The van der Waals surface area contributed by atoms with E-state index in [1.165, 1.54) is 30.5 Å². The van der Waals surface area contributed by atoms with E-state index in [0.29, 0.717) is 21.5 Å². The highest BCUT2D eigenvalue weighted by Crippen LogP contribution is 2.32. The topological polar surface area (TPSA) is 111 Å². The Balaban J connectivity index is 1.68. The van der Waals surface area contributed by atoms with Crippen molar-refractivity contribution in [2.75, 3.05) is 5.32 Å². The van der Waals surface area contributed by atoms with E-state index in [1.807, 2.05) is 0 Å². The molecule has 0 unspecified atom stereocenters. The molecule has 0 aliphatic rings. The van der Waals surface area contributed by atoms with Crippen molar-refractivity contribution >= 4 is 44.0 Å². The molecule has 0 atom stereocenters. The summed E-state index contributed by atoms with van der Waals surface area (Å²) >= 11 is 6.13. The van der Waals surface area contributed by atoms with E-state index in [0.717, 1.165) is 0 Å². The summed E-state index contributed by atoms with van der Waals surface area (Å²) in [6.45, 7) is 0.0696. The van der Waals surface area contributed by atoms with Crippen LogP contribution < -0.4 is 15.2 Å². The summed E-state index contributed by atoms with van der Waals surface area (Å²) in [6.07, 6.45) is 1.38. The number of halogens is 2. The van der Waals surface area contributed by atoms with E-state index >= 15 is 0 Å². The van der Waals surface area contributed by atoms with Gasteiger partial charge in [0, 0.05) is 27.7 Å². The number of hydrogen-bond acceptors (Lipinski definition) is 5. The van der Waals surface area contributed by atoms with Gasteiger partial charge in [-0.05, 0) is 47.5 Å². The number of carbonyl (C=O) groups is 1. The van der Waals surface area contributed by atoms with Crippen LogP contribution in [0, 0.1) is 5.82 Å². The number of nitrogens with two attached hydrogens (primary N) is 1. The summed E-state index contributed by atoms with van der Waals surface area (Å²) in [4.78, 5) is 16.6. The molecule has 10 heteroatoms. The van der Waals surface area contributed by atoms with Gasteiger partial charge in [-0.3, -0.25) is 4.79 Å². The third-order valence-electron chi connectivity index (χ3n) is 4.99. The minimum Gasteiger partial charge on any atom is -0.472 e. The van der Waals surface area contributed by atoms with Gasteiger partial charge in [-0.1, -0.05) is 41.9 Å². The Morgan fingerprint density at radius 2 is 1.79 bits per heavy atom. The number of rotatable bonds is 7. The summed E-state index contributed by atoms with van der Waals surface area (Å²) in [7, 11) is -4.14. The fourth-order valence-corrected chi connectivity index (χ4v) is 4.38. The molecule has 174 valence electrons. The molecule has 34 heavy (non-hydrogen) atoms. The smallest absolute Gasteiger partial charge is 0.238 e. The molecule has 1 heterocycles. The Labute approximate surface area is 200 Å². The molecule has 7 nitrogen and oxygen atoms in total. The number of fused-ring (bicyclic) bond motifs is 1. The summed E-state index contributed by atoms with van der Waals surface area (Å²) in [5, 5.41) is 9.20. The zero-order chi connectivity index (χ0) is 24.3. The summed E-state index contributed by atoms with van der Waals surface area (Å²) < 4.78 is 43.5. The van der Waals surface area contributed by atoms with Crippen LogP contribution in [-0.4, -0.2) is 19.3 Å². The van der Waals surface area contributed by atoms with Crippen molar-refractivity contribution in [2.45, 2.75) is 17.9 Å². The molecule has 0 saturated carbocycles. The molecule has 3 aromatic carbocycles. The Bertz CT molecular complexity index is 1480. The van der Waals surface area contributed by atoms with Crippen molar-refractivity contribution in [3.05, 3.63) is 94.9 Å². The summed E-state index contributed by atoms with van der Waals surface area (Å²) in [5.41, 5.74) is 1.52. The Morgan fingerprint density at radius 1 is 1.06 bits per heavy atom. The number of ether oxygens (including phenoxy) is 1. The number of aromatic nitrogens is 1. The normalized spacial score (nSPS) is 11.4. The lowest BCUT2D eigenvalue weighted by molar-refractivity contribution is -0.115. The number of anilines is 1. The number of hydrogen-bond donors (Lipinski definition) is 2. The van der Waals surface area contributed by atoms with Crippen LogP contribution in [0.15, 0.2) is 77.8 Å². The molecule has 0 aliphatic carbocycles. The molecule has 4 aromatic rings. The number of amides is 1. The van der Waals surface area contributed by atoms with Crippen LogP contribution in [0.5, 0.6) is 5.88 Å². The average molecular weight is 500 g/mol. The standard InChI is InChI=1S/C24H19ClFN3O4S/c25-21-4-2-1-3-16(21)11-23(30)29-18-12-20-19(22(13-18)34(27,31)32)9-10-28-24(20)33-14-15-5-7-17(26)8-6-15/h1-10,12-13H,11,14H2,(H,29,30)(H2,27,31,32). The highest BCUT2D eigenvalue weighted by atomic mass is 35.5. The van der Waals surface area contributed by atoms with Gasteiger partial charge in [0.05, 0.1) is 11.3 Å². The van der Waals surface area contributed by atoms with Crippen molar-refractivity contribution in [2.24, 2.45) is 5.14 Å². The molecule has 3 N–H and O–H groups in total. The fraction of sp³-hybridized carbons (Fsp3) is 0.0833. The number of pyridine rings is 1. The molecule has 0 fully saturated rings. The van der Waals surface area contributed by atoms with E-state index in [-0.39, 0.29) is 40.7 Å². The molecule has 0 radical (unpaired) electrons. The number of nitrogens with one attached hydrogen (secondary N) is 1. The van der Waals surface area contributed by atoms with Crippen molar-refractivity contribution in [3.8, 4) is 5.88 Å². The number of benzene rings is 3. The van der Waals surface area contributed by atoms with Crippen LogP contribution >= 0.6 is 11.6 Å². The van der Waals surface area contributed by atoms with E-state index in [1.54, 1.807) is 42.5 Å². The van der Waals surface area contributed by atoms with Crippen LogP contribution in [0.25, 0.3) is 10.8 Å². The van der Waals surface area contributed by atoms with Gasteiger partial charge in [0.15, 0.2) is 0 Å². The predicted octanol–water partition coefficient (Wildman–Crippen LogP) is 4.43. The van der Waals surface area contributed by atoms with Gasteiger partial charge in [-0.2, -0.15) is 0 Å². The first-order valence-corrected chi connectivity index (χ1v) is 12.0. The molecule has 0 bridgehead atoms. The van der Waals surface area contributed by atoms with Gasteiger partial charge >= 0.3 is 0 Å². The predicted molar refractivity (Wildman–Crippen MR) is 128 cm³/mol. The van der Waals surface area contributed by atoms with Crippen LogP contribution in [0.3, 0.4) is 0 Å². The highest BCUT2D eigenvalue weighted by molar-refractivity contribution is 7.89. The zero-order valence-corrected chi connectivity index (χ0v) is 19.2. The SMILES string of the molecule is NS(=O)(=O)c1cc(NC(=O)Cc2ccccc2Cl)cc2c(OCc3ccc(F)cc3)nccc12. The zero-order valence-electron chi connectivity index (χ0n) is 17.7. The molecular weight excluding hydrogens is 481 g/mol. The highest BCUT2D eigenvalue weighted by Gasteiger charge is 2.18. The van der Waals surface area contributed by atoms with E-state index in [9.17, 15) is 17.6 Å². The lowest BCUT2D eigenvalue weighted by Gasteiger charge is -2.13. The Morgan fingerprint density at radius 3 is 2.50 bits per heavy atom. The number of primary sulfonamides is 1. The molecule has 1 amide bonds. The average Bonchev–Trinajstić information content (AvgIpc) is 2.79. The molecule has 0 aliphatic heterocycles. The van der Waals surface area contributed by atoms with Gasteiger partial charge in [0.2, 0.25) is 21.8 Å². The quantitative estimate of drug-likeness (QED) is 0.390. The number of sulfonamides is 1. The van der Waals surface area contributed by atoms with Crippen molar-refractivity contribution in [3.63, 3.8) is 0 Å². The van der Waals surface area contributed by atoms with E-state index in [4.69, 9.17) is 21.5 Å². The Hall–Kier alpha value is -3.53. The Kier molecular flexibility index (Phi) is 6.78. The van der Waals surface area contributed by atoms with Crippen molar-refractivity contribution < 1.29 is 22.3 Å². The third kappa shape index (κ3) is 5.51. The van der Waals surface area contributed by atoms with Crippen LogP contribution in [0.4, 0.5) is 10.1 Å². The van der Waals surface area contributed by atoms with Gasteiger partial charge < -0.3 is 10.1 Å². The summed E-state index contributed by atoms with van der Waals surface area (Å²) in [5.74, 6) is -0.638. The maximum Gasteiger partial charge on any atom is 0.238 e. The largest absolute Gasteiger partial charge is 0.472 e. The third-order valence-corrected chi connectivity index (χ3v) is 6.31. The van der Waals surface area contributed by atoms with Crippen molar-refractivity contribution in [1.82, 2.24) is 4.98 Å². The van der Waals surface area contributed by atoms with E-state index < -0.39 is 15.9 Å². The van der Waals surface area contributed by atoms with Crippen LogP contribution in [0.2, 0.25) is 5.02 Å². The maximum absolute atomic E-state index is 13.2. The van der Waals surface area contributed by atoms with Gasteiger partial charge in [0.1, 0.15) is 12.4 Å². The van der Waals surface area contributed by atoms with Crippen molar-refractivity contribution in [1.29, 1.82) is 0 Å². The monoisotopic (exact) mass is 499 g/mol. The molecule has 4 rings (SSSR count). The lowest BCUT2D eigenvalue weighted by atomic mass is 10.1. The molecular formula is C24H19ClFN3O4S. The molecule has 1 aromatic heterocycles. The molecule has 0 saturated heterocycles. The van der Waals surface area contributed by atoms with Gasteiger partial charge in [-0.15, -0.1) is 0 Å². The van der Waals surface area contributed by atoms with Crippen LogP contribution in [-0.2, 0) is 27.8 Å². The molecule has 0 spiro atoms. The van der Waals surface area contributed by atoms with Gasteiger partial charge in [-0.25, -0.2) is 22.9 Å². The lowest BCUT2D eigenvalue weighted by Crippen LogP contribution is -2.17. The minimum atomic E-state index is -4.14. The first-order valence-electron chi connectivity index (χ1n) is 10.1. The van der Waals surface area contributed by atoms with Gasteiger partial charge in [0.25, 0.3) is 0 Å². The van der Waals surface area contributed by atoms with E-state index in [2.05, 4.69) is 10.3 Å². The second kappa shape index (κ2) is 9.76. The fourth-order valence-electron chi connectivity index (χ4n) is 3.40. The summed E-state index contributed by atoms with van der Waals surface area (Å²) in [6, 6.07) is 17.0. The number of carbonyl (C=O) groups excluding carboxylic acids is 1. The first kappa shape index (κ1) is 23.6. The van der Waals surface area contributed by atoms with Crippen LogP contribution in [0.1, 0.15) is 11.1 Å². The maximum atomic E-state index is 13.2. The minimum absolute atomic E-state index is 0.0105. The second-order valence-corrected chi connectivity index (χ2v) is 9.40.